The first-order valence-corrected chi connectivity index (χ1v) is 7.80. The number of carbonyl (C=O) groups is 2. The molecule has 1 aromatic carbocycles. The van der Waals surface area contributed by atoms with Gasteiger partial charge in [0.15, 0.2) is 5.78 Å². The first kappa shape index (κ1) is 15.8. The lowest BCUT2D eigenvalue weighted by Gasteiger charge is -2.31. The number of benzene rings is 1. The first-order chi connectivity index (χ1) is 9.81. The molecule has 0 spiro atoms. The van der Waals surface area contributed by atoms with Crippen LogP contribution >= 0.6 is 15.9 Å². The highest BCUT2D eigenvalue weighted by atomic mass is 79.9. The highest BCUT2D eigenvalue weighted by Crippen LogP contribution is 2.33. The summed E-state index contributed by atoms with van der Waals surface area (Å²) < 4.78 is 10.9. The molecule has 1 aliphatic heterocycles. The Hall–Kier alpha value is -1.56. The molecule has 0 radical (unpaired) electrons. The number of alkyl halides is 1. The van der Waals surface area contributed by atoms with Crippen LogP contribution in [-0.4, -0.2) is 36.0 Å². The van der Waals surface area contributed by atoms with Crippen LogP contribution in [-0.2, 0) is 4.74 Å². The molecule has 0 saturated carbocycles. The van der Waals surface area contributed by atoms with E-state index in [0.29, 0.717) is 30.2 Å². The zero-order valence-electron chi connectivity index (χ0n) is 12.3. The van der Waals surface area contributed by atoms with Crippen molar-refractivity contribution in [3.05, 3.63) is 23.8 Å². The zero-order valence-corrected chi connectivity index (χ0v) is 13.9. The van der Waals surface area contributed by atoms with Crippen LogP contribution in [0, 0.1) is 0 Å². The number of nitrogens with zero attached hydrogens (tertiary/aromatic N) is 1. The summed E-state index contributed by atoms with van der Waals surface area (Å²) in [6.45, 7) is 6.27. The fraction of sp³-hybridized carbons (Fsp3) is 0.467. The topological polar surface area (TPSA) is 55.8 Å². The number of rotatable bonds is 2. The number of Topliss-reactive ketones (excluding diaryl/α,β-unsaturated/α-hetero) is 1. The molecular formula is C15H18BrNO4. The lowest BCUT2D eigenvalue weighted by Crippen LogP contribution is -2.41. The van der Waals surface area contributed by atoms with Crippen molar-refractivity contribution in [2.75, 3.05) is 23.4 Å². The van der Waals surface area contributed by atoms with Crippen molar-refractivity contribution < 1.29 is 19.1 Å². The van der Waals surface area contributed by atoms with E-state index in [1.165, 1.54) is 4.90 Å². The normalized spacial score (nSPS) is 14.2. The van der Waals surface area contributed by atoms with Crippen molar-refractivity contribution in [1.82, 2.24) is 0 Å². The molecule has 1 aromatic rings. The van der Waals surface area contributed by atoms with Crippen molar-refractivity contribution in [2.24, 2.45) is 0 Å². The van der Waals surface area contributed by atoms with Gasteiger partial charge in [-0.15, -0.1) is 0 Å². The van der Waals surface area contributed by atoms with Gasteiger partial charge in [-0.3, -0.25) is 9.69 Å². The number of ketones is 1. The fourth-order valence-corrected chi connectivity index (χ4v) is 2.30. The van der Waals surface area contributed by atoms with Gasteiger partial charge in [0.1, 0.15) is 18.0 Å². The molecule has 0 atom stereocenters. The summed E-state index contributed by atoms with van der Waals surface area (Å²) in [6, 6.07) is 5.07. The minimum Gasteiger partial charge on any atom is -0.490 e. The Balaban J connectivity index is 2.28. The smallest absolute Gasteiger partial charge is 0.415 e. The number of ether oxygens (including phenoxy) is 2. The quantitative estimate of drug-likeness (QED) is 0.602. The Labute approximate surface area is 132 Å². The maximum Gasteiger partial charge on any atom is 0.415 e. The van der Waals surface area contributed by atoms with Gasteiger partial charge in [-0.25, -0.2) is 4.79 Å². The van der Waals surface area contributed by atoms with Gasteiger partial charge in [0.2, 0.25) is 0 Å². The Morgan fingerprint density at radius 3 is 2.71 bits per heavy atom. The summed E-state index contributed by atoms with van der Waals surface area (Å²) in [7, 11) is 0. The molecular weight excluding hydrogens is 338 g/mol. The molecule has 0 aromatic heterocycles. The van der Waals surface area contributed by atoms with Crippen LogP contribution < -0.4 is 9.64 Å². The molecule has 1 amide bonds. The second-order valence-electron chi connectivity index (χ2n) is 5.72. The zero-order chi connectivity index (χ0) is 15.6. The molecule has 0 saturated heterocycles. The van der Waals surface area contributed by atoms with E-state index in [1.807, 2.05) is 20.8 Å². The van der Waals surface area contributed by atoms with Gasteiger partial charge in [0.25, 0.3) is 0 Å². The Morgan fingerprint density at radius 1 is 1.38 bits per heavy atom. The maximum atomic E-state index is 12.2. The van der Waals surface area contributed by atoms with E-state index in [2.05, 4.69) is 15.9 Å². The third kappa shape index (κ3) is 3.75. The number of halogens is 1. The summed E-state index contributed by atoms with van der Waals surface area (Å²) in [6.07, 6.45) is -0.411. The standard InChI is InChI=1S/C15H18BrNO4/c1-15(2,3)21-14(19)17-6-7-20-13-8-10(12(18)9-16)4-5-11(13)17/h4-5,8H,6-7,9H2,1-3H3. The second-order valence-corrected chi connectivity index (χ2v) is 6.28. The van der Waals surface area contributed by atoms with E-state index < -0.39 is 11.7 Å². The van der Waals surface area contributed by atoms with Gasteiger partial charge < -0.3 is 9.47 Å². The molecule has 6 heteroatoms. The molecule has 0 bridgehead atoms. The number of carbonyl (C=O) groups excluding carboxylic acids is 2. The molecule has 0 fully saturated rings. The van der Waals surface area contributed by atoms with Gasteiger partial charge in [-0.2, -0.15) is 0 Å². The van der Waals surface area contributed by atoms with Crippen LogP contribution in [0.15, 0.2) is 18.2 Å². The minimum absolute atomic E-state index is 0.0317. The SMILES string of the molecule is CC(C)(C)OC(=O)N1CCOc2cc(C(=O)CBr)ccc21. The van der Waals surface area contributed by atoms with Crippen LogP contribution in [0.3, 0.4) is 0 Å². The van der Waals surface area contributed by atoms with E-state index in [1.54, 1.807) is 18.2 Å². The molecule has 5 nitrogen and oxygen atoms in total. The van der Waals surface area contributed by atoms with Crippen LogP contribution in [0.4, 0.5) is 10.5 Å². The molecule has 0 aliphatic carbocycles. The summed E-state index contributed by atoms with van der Waals surface area (Å²) in [5.74, 6) is 0.495. The molecule has 1 heterocycles. The van der Waals surface area contributed by atoms with E-state index in [4.69, 9.17) is 9.47 Å². The molecule has 0 N–H and O–H groups in total. The Kier molecular flexibility index (Phi) is 4.56. The third-order valence-corrected chi connectivity index (χ3v) is 3.39. The number of hydrogen-bond donors (Lipinski definition) is 0. The second kappa shape index (κ2) is 6.05. The first-order valence-electron chi connectivity index (χ1n) is 6.68. The highest BCUT2D eigenvalue weighted by molar-refractivity contribution is 9.09. The highest BCUT2D eigenvalue weighted by Gasteiger charge is 2.28. The van der Waals surface area contributed by atoms with Gasteiger partial charge in [-0.1, -0.05) is 15.9 Å². The van der Waals surface area contributed by atoms with E-state index >= 15 is 0 Å². The molecule has 1 aliphatic rings. The van der Waals surface area contributed by atoms with E-state index in [0.717, 1.165) is 0 Å². The van der Waals surface area contributed by atoms with Gasteiger partial charge in [0.05, 0.1) is 17.6 Å². The number of amides is 1. The lowest BCUT2D eigenvalue weighted by atomic mass is 10.1. The van der Waals surface area contributed by atoms with Crippen LogP contribution in [0.2, 0.25) is 0 Å². The van der Waals surface area contributed by atoms with E-state index in [9.17, 15) is 9.59 Å². The number of anilines is 1. The van der Waals surface area contributed by atoms with Crippen LogP contribution in [0.25, 0.3) is 0 Å². The van der Waals surface area contributed by atoms with Crippen molar-refractivity contribution in [2.45, 2.75) is 26.4 Å². The van der Waals surface area contributed by atoms with Gasteiger partial charge >= 0.3 is 6.09 Å². The molecule has 2 rings (SSSR count). The Morgan fingerprint density at radius 2 is 2.10 bits per heavy atom. The van der Waals surface area contributed by atoms with Crippen molar-refractivity contribution >= 4 is 33.5 Å². The third-order valence-electron chi connectivity index (χ3n) is 2.88. The van der Waals surface area contributed by atoms with Gasteiger partial charge in [0, 0.05) is 5.56 Å². The lowest BCUT2D eigenvalue weighted by molar-refractivity contribution is 0.0567. The van der Waals surface area contributed by atoms with Crippen LogP contribution in [0.1, 0.15) is 31.1 Å². The number of hydrogen-bond acceptors (Lipinski definition) is 4. The molecule has 114 valence electrons. The van der Waals surface area contributed by atoms with Gasteiger partial charge in [-0.05, 0) is 39.0 Å². The monoisotopic (exact) mass is 355 g/mol. The van der Waals surface area contributed by atoms with E-state index in [-0.39, 0.29) is 11.1 Å². The van der Waals surface area contributed by atoms with Crippen molar-refractivity contribution in [3.63, 3.8) is 0 Å². The fourth-order valence-electron chi connectivity index (χ4n) is 1.98. The maximum absolute atomic E-state index is 12.2. The minimum atomic E-state index is -0.554. The predicted molar refractivity (Wildman–Crippen MR) is 83.6 cm³/mol. The largest absolute Gasteiger partial charge is 0.490 e. The van der Waals surface area contributed by atoms with Crippen LogP contribution in [0.5, 0.6) is 5.75 Å². The average molecular weight is 356 g/mol. The summed E-state index contributed by atoms with van der Waals surface area (Å²) in [5, 5.41) is 0.252. The molecule has 0 unspecified atom stereocenters. The Bertz CT molecular complexity index is 565. The average Bonchev–Trinajstić information content (AvgIpc) is 2.43. The predicted octanol–water partition coefficient (Wildman–Crippen LogP) is 3.40. The van der Waals surface area contributed by atoms with Crippen molar-refractivity contribution in [3.8, 4) is 5.75 Å². The summed E-state index contributed by atoms with van der Waals surface area (Å²) >= 11 is 3.14. The summed E-state index contributed by atoms with van der Waals surface area (Å²) in [4.78, 5) is 25.5. The van der Waals surface area contributed by atoms with Crippen molar-refractivity contribution in [1.29, 1.82) is 0 Å². The molecule has 21 heavy (non-hydrogen) atoms. The summed E-state index contributed by atoms with van der Waals surface area (Å²) in [5.41, 5.74) is 0.625. The number of fused-ring (bicyclic) bond motifs is 1.